The Kier molecular flexibility index (Phi) is 5.87. The summed E-state index contributed by atoms with van der Waals surface area (Å²) in [4.78, 5) is 12.2. The van der Waals surface area contributed by atoms with Crippen LogP contribution < -0.4 is 10.1 Å². The molecule has 0 spiro atoms. The fourth-order valence-electron chi connectivity index (χ4n) is 2.29. The third-order valence-corrected chi connectivity index (χ3v) is 4.82. The summed E-state index contributed by atoms with van der Waals surface area (Å²) in [5.41, 5.74) is 5.14. The quantitative estimate of drug-likeness (QED) is 0.685. The maximum Gasteiger partial charge on any atom is 0.262 e. The van der Waals surface area contributed by atoms with Gasteiger partial charge in [0.1, 0.15) is 5.75 Å². The predicted octanol–water partition coefficient (Wildman–Crippen LogP) is 5.46. The van der Waals surface area contributed by atoms with Crippen LogP contribution in [0.5, 0.6) is 5.75 Å². The molecule has 0 fully saturated rings. The number of aryl methyl sites for hydroxylation is 3. The number of hydrogen-bond donors (Lipinski definition) is 1. The van der Waals surface area contributed by atoms with Gasteiger partial charge in [-0.2, -0.15) is 0 Å². The Bertz CT molecular complexity index is 734. The Morgan fingerprint density at radius 2 is 1.57 bits per heavy atom. The first-order valence-corrected chi connectivity index (χ1v) is 8.82. The second kappa shape index (κ2) is 7.49. The summed E-state index contributed by atoms with van der Waals surface area (Å²) in [7, 11) is 0. The SMILES string of the molecule is Cc1cc(Br)c(NC(=O)COc2cc(C)cc(C)c2C)c(Br)c1. The predicted molar refractivity (Wildman–Crippen MR) is 101 cm³/mol. The highest BCUT2D eigenvalue weighted by atomic mass is 79.9. The number of ether oxygens (including phenoxy) is 1. The van der Waals surface area contributed by atoms with Gasteiger partial charge in [0.25, 0.3) is 5.91 Å². The third kappa shape index (κ3) is 4.58. The summed E-state index contributed by atoms with van der Waals surface area (Å²) in [6, 6.07) is 7.96. The van der Waals surface area contributed by atoms with Crippen LogP contribution in [0.25, 0.3) is 0 Å². The lowest BCUT2D eigenvalue weighted by atomic mass is 10.1. The minimum absolute atomic E-state index is 0.0313. The zero-order chi connectivity index (χ0) is 17.1. The number of halogens is 2. The van der Waals surface area contributed by atoms with Crippen LogP contribution in [0.15, 0.2) is 33.2 Å². The number of amides is 1. The third-order valence-electron chi connectivity index (χ3n) is 3.57. The molecule has 2 aromatic carbocycles. The van der Waals surface area contributed by atoms with Crippen molar-refractivity contribution in [1.82, 2.24) is 0 Å². The fraction of sp³-hybridized carbons (Fsp3) is 0.278. The van der Waals surface area contributed by atoms with E-state index in [1.54, 1.807) is 0 Å². The topological polar surface area (TPSA) is 38.3 Å². The fourth-order valence-corrected chi connectivity index (χ4v) is 3.90. The van der Waals surface area contributed by atoms with Crippen molar-refractivity contribution in [3.8, 4) is 5.75 Å². The second-order valence-corrected chi connectivity index (χ2v) is 7.35. The van der Waals surface area contributed by atoms with Gasteiger partial charge in [-0.05, 0) is 100 Å². The largest absolute Gasteiger partial charge is 0.483 e. The molecule has 0 saturated carbocycles. The highest BCUT2D eigenvalue weighted by molar-refractivity contribution is 9.11. The lowest BCUT2D eigenvalue weighted by molar-refractivity contribution is -0.118. The zero-order valence-corrected chi connectivity index (χ0v) is 16.8. The first kappa shape index (κ1) is 18.0. The molecule has 0 aliphatic carbocycles. The molecule has 2 rings (SSSR count). The number of rotatable bonds is 4. The van der Waals surface area contributed by atoms with Gasteiger partial charge in [0.05, 0.1) is 5.69 Å². The number of anilines is 1. The van der Waals surface area contributed by atoms with Crippen molar-refractivity contribution in [2.24, 2.45) is 0 Å². The first-order valence-electron chi connectivity index (χ1n) is 7.24. The average Bonchev–Trinajstić information content (AvgIpc) is 2.45. The normalized spacial score (nSPS) is 10.5. The highest BCUT2D eigenvalue weighted by Gasteiger charge is 2.12. The van der Waals surface area contributed by atoms with E-state index in [9.17, 15) is 4.79 Å². The molecule has 0 saturated heterocycles. The van der Waals surface area contributed by atoms with E-state index in [1.165, 1.54) is 0 Å². The van der Waals surface area contributed by atoms with Crippen LogP contribution in [0.3, 0.4) is 0 Å². The number of nitrogens with one attached hydrogen (secondary N) is 1. The molecule has 0 heterocycles. The van der Waals surface area contributed by atoms with Gasteiger partial charge < -0.3 is 10.1 Å². The van der Waals surface area contributed by atoms with Crippen LogP contribution in [0, 0.1) is 27.7 Å². The molecule has 0 aliphatic rings. The van der Waals surface area contributed by atoms with Crippen molar-refractivity contribution >= 4 is 43.5 Å². The highest BCUT2D eigenvalue weighted by Crippen LogP contribution is 2.32. The molecule has 0 aromatic heterocycles. The Hall–Kier alpha value is -1.33. The van der Waals surface area contributed by atoms with Crippen molar-refractivity contribution in [2.75, 3.05) is 11.9 Å². The molecule has 122 valence electrons. The van der Waals surface area contributed by atoms with Crippen LogP contribution >= 0.6 is 31.9 Å². The molecule has 1 amide bonds. The minimum atomic E-state index is -0.200. The van der Waals surface area contributed by atoms with Gasteiger partial charge in [0.2, 0.25) is 0 Å². The maximum atomic E-state index is 12.2. The van der Waals surface area contributed by atoms with E-state index in [0.29, 0.717) is 5.69 Å². The Balaban J connectivity index is 2.07. The molecule has 5 heteroatoms. The summed E-state index contributed by atoms with van der Waals surface area (Å²) in [5.74, 6) is 0.550. The van der Waals surface area contributed by atoms with Gasteiger partial charge in [-0.15, -0.1) is 0 Å². The molecular formula is C18H19Br2NO2. The Morgan fingerprint density at radius 1 is 1.00 bits per heavy atom. The van der Waals surface area contributed by atoms with Gasteiger partial charge in [-0.1, -0.05) is 6.07 Å². The Labute approximate surface area is 153 Å². The van der Waals surface area contributed by atoms with Gasteiger partial charge in [0, 0.05) is 8.95 Å². The average molecular weight is 441 g/mol. The van der Waals surface area contributed by atoms with E-state index >= 15 is 0 Å². The van der Waals surface area contributed by atoms with E-state index in [0.717, 1.165) is 36.9 Å². The summed E-state index contributed by atoms with van der Waals surface area (Å²) < 4.78 is 7.36. The molecule has 23 heavy (non-hydrogen) atoms. The Morgan fingerprint density at radius 3 is 2.17 bits per heavy atom. The molecule has 0 atom stereocenters. The van der Waals surface area contributed by atoms with E-state index in [2.05, 4.69) is 43.2 Å². The summed E-state index contributed by atoms with van der Waals surface area (Å²) >= 11 is 6.94. The number of benzene rings is 2. The van der Waals surface area contributed by atoms with Crippen molar-refractivity contribution in [3.63, 3.8) is 0 Å². The first-order chi connectivity index (χ1) is 10.8. The summed E-state index contributed by atoms with van der Waals surface area (Å²) in [5, 5.41) is 2.87. The maximum absolute atomic E-state index is 12.2. The standard InChI is InChI=1S/C18H19Br2NO2/c1-10-5-12(3)13(4)16(8-10)23-9-17(22)21-18-14(19)6-11(2)7-15(18)20/h5-8H,9H2,1-4H3,(H,21,22). The molecule has 2 aromatic rings. The van der Waals surface area contributed by atoms with E-state index < -0.39 is 0 Å². The van der Waals surface area contributed by atoms with Gasteiger partial charge in [-0.3, -0.25) is 4.79 Å². The molecule has 0 bridgehead atoms. The van der Waals surface area contributed by atoms with Crippen LogP contribution in [0.4, 0.5) is 5.69 Å². The minimum Gasteiger partial charge on any atom is -0.483 e. The van der Waals surface area contributed by atoms with Crippen molar-refractivity contribution in [3.05, 3.63) is 55.5 Å². The molecule has 3 nitrogen and oxygen atoms in total. The van der Waals surface area contributed by atoms with Crippen LogP contribution in [0.2, 0.25) is 0 Å². The number of carbonyl (C=O) groups is 1. The monoisotopic (exact) mass is 439 g/mol. The number of hydrogen-bond acceptors (Lipinski definition) is 2. The van der Waals surface area contributed by atoms with Gasteiger partial charge in [-0.25, -0.2) is 0 Å². The van der Waals surface area contributed by atoms with E-state index in [4.69, 9.17) is 4.74 Å². The lowest BCUT2D eigenvalue weighted by Gasteiger charge is -2.14. The molecule has 0 radical (unpaired) electrons. The van der Waals surface area contributed by atoms with Gasteiger partial charge >= 0.3 is 0 Å². The lowest BCUT2D eigenvalue weighted by Crippen LogP contribution is -2.21. The van der Waals surface area contributed by atoms with Crippen LogP contribution in [-0.4, -0.2) is 12.5 Å². The second-order valence-electron chi connectivity index (χ2n) is 5.65. The molecular weight excluding hydrogens is 422 g/mol. The van der Waals surface area contributed by atoms with Crippen LogP contribution in [0.1, 0.15) is 22.3 Å². The van der Waals surface area contributed by atoms with Crippen molar-refractivity contribution < 1.29 is 9.53 Å². The van der Waals surface area contributed by atoms with Crippen LogP contribution in [-0.2, 0) is 4.79 Å². The van der Waals surface area contributed by atoms with Gasteiger partial charge in [0.15, 0.2) is 6.61 Å². The smallest absolute Gasteiger partial charge is 0.262 e. The van der Waals surface area contributed by atoms with E-state index in [1.807, 2.05) is 45.9 Å². The molecule has 1 N–H and O–H groups in total. The van der Waals surface area contributed by atoms with Crippen molar-refractivity contribution in [2.45, 2.75) is 27.7 Å². The number of carbonyl (C=O) groups excluding carboxylic acids is 1. The van der Waals surface area contributed by atoms with E-state index in [-0.39, 0.29) is 12.5 Å². The van der Waals surface area contributed by atoms with Crippen molar-refractivity contribution in [1.29, 1.82) is 0 Å². The molecule has 0 aliphatic heterocycles. The zero-order valence-electron chi connectivity index (χ0n) is 13.6. The molecule has 0 unspecified atom stereocenters. The summed E-state index contributed by atoms with van der Waals surface area (Å²) in [6.07, 6.45) is 0. The summed E-state index contributed by atoms with van der Waals surface area (Å²) in [6.45, 7) is 8.01.